The fraction of sp³-hybridized carbons (Fsp3) is 0.800. The van der Waals surface area contributed by atoms with Gasteiger partial charge < -0.3 is 10.4 Å². The second kappa shape index (κ2) is 16.1. The summed E-state index contributed by atoms with van der Waals surface area (Å²) < 4.78 is 0. The average Bonchev–Trinajstić information content (AvgIpc) is 2.55. The Morgan fingerprint density at radius 2 is 1.60 bits per heavy atom. The lowest BCUT2D eigenvalue weighted by Gasteiger charge is -2.19. The van der Waals surface area contributed by atoms with Crippen molar-refractivity contribution in [2.45, 2.75) is 83.1 Å². The summed E-state index contributed by atoms with van der Waals surface area (Å²) in [5, 5.41) is 12.0. The number of carboxylic acid groups (broad SMARTS) is 1. The second-order valence-electron chi connectivity index (χ2n) is 6.97. The van der Waals surface area contributed by atoms with Gasteiger partial charge in [0.2, 0.25) is 5.91 Å². The molecule has 1 atom stereocenters. The predicted octanol–water partition coefficient (Wildman–Crippen LogP) is 3.98. The number of hydrogen-bond donors (Lipinski definition) is 2. The molecule has 0 aliphatic rings. The van der Waals surface area contributed by atoms with E-state index in [0.29, 0.717) is 19.4 Å². The molecule has 0 fully saturated rings. The zero-order valence-electron chi connectivity index (χ0n) is 16.3. The highest BCUT2D eigenvalue weighted by Crippen LogP contribution is 2.10. The quantitative estimate of drug-likeness (QED) is 0.306. The summed E-state index contributed by atoms with van der Waals surface area (Å²) in [5.41, 5.74) is 0. The van der Waals surface area contributed by atoms with Crippen LogP contribution in [0.5, 0.6) is 0 Å². The number of allylic oxidation sites excluding steroid dienone is 1. The SMILES string of the molecule is C=CCCCCCCCCCC(=O)NCCCC[C@@H](C(=O)O)N(C)C. The summed E-state index contributed by atoms with van der Waals surface area (Å²) in [7, 11) is 3.56. The Kier molecular flexibility index (Phi) is 15.2. The number of hydrogen-bond acceptors (Lipinski definition) is 3. The van der Waals surface area contributed by atoms with Crippen LogP contribution in [0.15, 0.2) is 12.7 Å². The molecule has 1 amide bonds. The van der Waals surface area contributed by atoms with Crippen LogP contribution < -0.4 is 5.32 Å². The molecular formula is C20H38N2O3. The summed E-state index contributed by atoms with van der Waals surface area (Å²) >= 11 is 0. The summed E-state index contributed by atoms with van der Waals surface area (Å²) in [6.45, 7) is 4.37. The van der Waals surface area contributed by atoms with Gasteiger partial charge in [0.1, 0.15) is 6.04 Å². The lowest BCUT2D eigenvalue weighted by atomic mass is 10.1. The first-order valence-electron chi connectivity index (χ1n) is 9.76. The minimum atomic E-state index is -0.783. The van der Waals surface area contributed by atoms with E-state index in [9.17, 15) is 9.59 Å². The molecule has 146 valence electrons. The Balaban J connectivity index is 3.44. The number of rotatable bonds is 17. The molecule has 0 saturated carbocycles. The van der Waals surface area contributed by atoms with E-state index in [1.54, 1.807) is 19.0 Å². The van der Waals surface area contributed by atoms with E-state index in [2.05, 4.69) is 11.9 Å². The van der Waals surface area contributed by atoms with Crippen LogP contribution in [0.25, 0.3) is 0 Å². The van der Waals surface area contributed by atoms with E-state index < -0.39 is 12.0 Å². The second-order valence-corrected chi connectivity index (χ2v) is 6.97. The van der Waals surface area contributed by atoms with Crippen LogP contribution >= 0.6 is 0 Å². The highest BCUT2D eigenvalue weighted by molar-refractivity contribution is 5.75. The Labute approximate surface area is 153 Å². The topological polar surface area (TPSA) is 69.6 Å². The molecule has 0 radical (unpaired) electrons. The molecule has 0 bridgehead atoms. The van der Waals surface area contributed by atoms with Crippen LogP contribution in [0, 0.1) is 0 Å². The van der Waals surface area contributed by atoms with E-state index in [1.807, 2.05) is 6.08 Å². The fourth-order valence-electron chi connectivity index (χ4n) is 2.84. The van der Waals surface area contributed by atoms with E-state index in [0.717, 1.165) is 32.1 Å². The van der Waals surface area contributed by atoms with Crippen LogP contribution in [0.2, 0.25) is 0 Å². The minimum absolute atomic E-state index is 0.119. The van der Waals surface area contributed by atoms with Crippen molar-refractivity contribution >= 4 is 11.9 Å². The Morgan fingerprint density at radius 1 is 1.00 bits per heavy atom. The number of likely N-dealkylation sites (N-methyl/N-ethyl adjacent to an activating group) is 1. The van der Waals surface area contributed by atoms with Gasteiger partial charge in [0.05, 0.1) is 0 Å². The van der Waals surface area contributed by atoms with Gasteiger partial charge in [-0.3, -0.25) is 14.5 Å². The number of amides is 1. The monoisotopic (exact) mass is 354 g/mol. The number of nitrogens with zero attached hydrogens (tertiary/aromatic N) is 1. The van der Waals surface area contributed by atoms with Crippen LogP contribution in [0.1, 0.15) is 77.0 Å². The smallest absolute Gasteiger partial charge is 0.320 e. The Bertz CT molecular complexity index is 370. The first-order chi connectivity index (χ1) is 12.0. The lowest BCUT2D eigenvalue weighted by molar-refractivity contribution is -0.142. The molecule has 5 heteroatoms. The lowest BCUT2D eigenvalue weighted by Crippen LogP contribution is -2.35. The highest BCUT2D eigenvalue weighted by Gasteiger charge is 2.18. The molecule has 0 spiro atoms. The van der Waals surface area contributed by atoms with Gasteiger partial charge in [0, 0.05) is 13.0 Å². The maximum Gasteiger partial charge on any atom is 0.320 e. The molecule has 2 N–H and O–H groups in total. The van der Waals surface area contributed by atoms with Crippen molar-refractivity contribution in [3.63, 3.8) is 0 Å². The van der Waals surface area contributed by atoms with Crippen molar-refractivity contribution in [1.29, 1.82) is 0 Å². The van der Waals surface area contributed by atoms with E-state index in [1.165, 1.54) is 32.1 Å². The van der Waals surface area contributed by atoms with E-state index in [-0.39, 0.29) is 5.91 Å². The molecule has 0 rings (SSSR count). The summed E-state index contributed by atoms with van der Waals surface area (Å²) in [6.07, 6.45) is 14.3. The molecule has 0 saturated heterocycles. The highest BCUT2D eigenvalue weighted by atomic mass is 16.4. The first-order valence-corrected chi connectivity index (χ1v) is 9.76. The molecule has 0 aliphatic heterocycles. The molecule has 25 heavy (non-hydrogen) atoms. The summed E-state index contributed by atoms with van der Waals surface area (Å²) in [6, 6.07) is -0.438. The normalized spacial score (nSPS) is 12.1. The van der Waals surface area contributed by atoms with Gasteiger partial charge in [-0.05, 0) is 52.6 Å². The zero-order valence-corrected chi connectivity index (χ0v) is 16.3. The number of aliphatic carboxylic acids is 1. The van der Waals surface area contributed by atoms with Crippen molar-refractivity contribution in [2.75, 3.05) is 20.6 Å². The number of nitrogens with one attached hydrogen (secondary N) is 1. The third-order valence-corrected chi connectivity index (χ3v) is 4.45. The van der Waals surface area contributed by atoms with Gasteiger partial charge in [-0.15, -0.1) is 6.58 Å². The minimum Gasteiger partial charge on any atom is -0.480 e. The predicted molar refractivity (Wildman–Crippen MR) is 104 cm³/mol. The third kappa shape index (κ3) is 14.7. The van der Waals surface area contributed by atoms with Crippen LogP contribution in [0.3, 0.4) is 0 Å². The molecule has 0 heterocycles. The van der Waals surface area contributed by atoms with Crippen LogP contribution in [-0.2, 0) is 9.59 Å². The van der Waals surface area contributed by atoms with Crippen molar-refractivity contribution < 1.29 is 14.7 Å². The molecule has 0 aromatic carbocycles. The molecule has 0 aliphatic carbocycles. The largest absolute Gasteiger partial charge is 0.480 e. The van der Waals surface area contributed by atoms with Crippen LogP contribution in [0.4, 0.5) is 0 Å². The third-order valence-electron chi connectivity index (χ3n) is 4.45. The maximum absolute atomic E-state index is 11.7. The molecule has 0 aromatic heterocycles. The van der Waals surface area contributed by atoms with Crippen molar-refractivity contribution in [3.8, 4) is 0 Å². The van der Waals surface area contributed by atoms with Gasteiger partial charge in [-0.25, -0.2) is 0 Å². The summed E-state index contributed by atoms with van der Waals surface area (Å²) in [4.78, 5) is 24.5. The first kappa shape index (κ1) is 23.6. The number of carbonyl (C=O) groups excluding carboxylic acids is 1. The number of unbranched alkanes of at least 4 members (excludes halogenated alkanes) is 8. The number of carbonyl (C=O) groups is 2. The standard InChI is InChI=1S/C20H38N2O3/c1-4-5-6-7-8-9-10-11-12-16-19(23)21-17-14-13-15-18(20(24)25)22(2)3/h4,18H,1,5-17H2,2-3H3,(H,21,23)(H,24,25)/t18-/m0/s1. The van der Waals surface area contributed by atoms with Gasteiger partial charge in [-0.2, -0.15) is 0 Å². The molecule has 5 nitrogen and oxygen atoms in total. The van der Waals surface area contributed by atoms with Gasteiger partial charge in [0.25, 0.3) is 0 Å². The van der Waals surface area contributed by atoms with Gasteiger partial charge in [-0.1, -0.05) is 38.2 Å². The van der Waals surface area contributed by atoms with Crippen molar-refractivity contribution in [3.05, 3.63) is 12.7 Å². The van der Waals surface area contributed by atoms with E-state index >= 15 is 0 Å². The van der Waals surface area contributed by atoms with Gasteiger partial charge in [0.15, 0.2) is 0 Å². The molecular weight excluding hydrogens is 316 g/mol. The molecule has 0 unspecified atom stereocenters. The van der Waals surface area contributed by atoms with Crippen LogP contribution in [-0.4, -0.2) is 48.6 Å². The van der Waals surface area contributed by atoms with Crippen molar-refractivity contribution in [1.82, 2.24) is 10.2 Å². The molecule has 0 aromatic rings. The van der Waals surface area contributed by atoms with Gasteiger partial charge >= 0.3 is 5.97 Å². The van der Waals surface area contributed by atoms with E-state index in [4.69, 9.17) is 5.11 Å². The Hall–Kier alpha value is -1.36. The fourth-order valence-corrected chi connectivity index (χ4v) is 2.84. The Morgan fingerprint density at radius 3 is 2.16 bits per heavy atom. The van der Waals surface area contributed by atoms with Crippen molar-refractivity contribution in [2.24, 2.45) is 0 Å². The number of carboxylic acids is 1. The zero-order chi connectivity index (χ0) is 18.9. The average molecular weight is 355 g/mol. The summed E-state index contributed by atoms with van der Waals surface area (Å²) in [5.74, 6) is -0.664. The maximum atomic E-state index is 11.7.